The van der Waals surface area contributed by atoms with Gasteiger partial charge in [0.25, 0.3) is 0 Å². The standard InChI is InChI=1S/C14H19FNO2P/c1-3-12-9-14(12,16)19(17,18-4-2)10-11-7-5-6-8-13(11)15/h3,5-8,12H,1,4,9-10,16H2,2H3. The highest BCUT2D eigenvalue weighted by Gasteiger charge is 2.62. The molecule has 2 rings (SSSR count). The number of hydrogen-bond acceptors (Lipinski definition) is 3. The Morgan fingerprint density at radius 3 is 2.84 bits per heavy atom. The van der Waals surface area contributed by atoms with Gasteiger partial charge in [-0.05, 0) is 25.0 Å². The van der Waals surface area contributed by atoms with Crippen molar-refractivity contribution in [3.05, 3.63) is 48.3 Å². The largest absolute Gasteiger partial charge is 0.327 e. The second kappa shape index (κ2) is 5.20. The maximum absolute atomic E-state index is 13.7. The van der Waals surface area contributed by atoms with E-state index < -0.39 is 12.6 Å². The summed E-state index contributed by atoms with van der Waals surface area (Å²) in [4.78, 5) is 0. The molecule has 1 aliphatic carbocycles. The van der Waals surface area contributed by atoms with Gasteiger partial charge in [-0.1, -0.05) is 24.3 Å². The van der Waals surface area contributed by atoms with Crippen LogP contribution in [-0.4, -0.2) is 11.9 Å². The first-order valence-corrected chi connectivity index (χ1v) is 8.16. The average Bonchev–Trinajstić information content (AvgIpc) is 3.06. The van der Waals surface area contributed by atoms with E-state index in [-0.39, 0.29) is 17.9 Å². The van der Waals surface area contributed by atoms with E-state index in [4.69, 9.17) is 10.3 Å². The van der Waals surface area contributed by atoms with E-state index in [2.05, 4.69) is 6.58 Å². The lowest BCUT2D eigenvalue weighted by atomic mass is 10.2. The van der Waals surface area contributed by atoms with Crippen molar-refractivity contribution >= 4 is 7.37 Å². The van der Waals surface area contributed by atoms with Crippen LogP contribution in [0.2, 0.25) is 0 Å². The lowest BCUT2D eigenvalue weighted by molar-refractivity contribution is 0.320. The lowest BCUT2D eigenvalue weighted by Gasteiger charge is -2.25. The van der Waals surface area contributed by atoms with Crippen molar-refractivity contribution in [1.29, 1.82) is 0 Å². The summed E-state index contributed by atoms with van der Waals surface area (Å²) in [5, 5.41) is -0.882. The predicted octanol–water partition coefficient (Wildman–Crippen LogP) is 3.50. The Balaban J connectivity index is 2.29. The fraction of sp³-hybridized carbons (Fsp3) is 0.429. The van der Waals surface area contributed by atoms with Crippen LogP contribution in [0.15, 0.2) is 36.9 Å². The molecule has 1 fully saturated rings. The third-order valence-electron chi connectivity index (χ3n) is 3.62. The molecule has 0 aromatic heterocycles. The summed E-state index contributed by atoms with van der Waals surface area (Å²) >= 11 is 0. The summed E-state index contributed by atoms with van der Waals surface area (Å²) in [6, 6.07) is 6.30. The van der Waals surface area contributed by atoms with E-state index >= 15 is 0 Å². The molecule has 0 radical (unpaired) electrons. The number of halogens is 1. The molecule has 3 atom stereocenters. The Hall–Kier alpha value is -0.960. The van der Waals surface area contributed by atoms with Gasteiger partial charge in [-0.15, -0.1) is 6.58 Å². The Bertz CT molecular complexity index is 534. The molecule has 3 nitrogen and oxygen atoms in total. The van der Waals surface area contributed by atoms with Gasteiger partial charge >= 0.3 is 0 Å². The van der Waals surface area contributed by atoms with Crippen LogP contribution in [0, 0.1) is 11.7 Å². The van der Waals surface area contributed by atoms with E-state index in [1.165, 1.54) is 6.07 Å². The quantitative estimate of drug-likeness (QED) is 0.642. The molecule has 0 heterocycles. The SMILES string of the molecule is C=CC1CC1(N)P(=O)(Cc1ccccc1F)OCC. The summed E-state index contributed by atoms with van der Waals surface area (Å²) in [5.41, 5.74) is 6.57. The monoisotopic (exact) mass is 283 g/mol. The first-order valence-electron chi connectivity index (χ1n) is 6.35. The summed E-state index contributed by atoms with van der Waals surface area (Å²) < 4.78 is 32.2. The molecule has 0 amide bonds. The van der Waals surface area contributed by atoms with Gasteiger partial charge < -0.3 is 10.3 Å². The van der Waals surface area contributed by atoms with E-state index in [1.807, 2.05) is 0 Å². The van der Waals surface area contributed by atoms with E-state index in [0.29, 0.717) is 18.6 Å². The summed E-state index contributed by atoms with van der Waals surface area (Å²) in [6.45, 7) is 5.75. The highest BCUT2D eigenvalue weighted by atomic mass is 31.2. The third kappa shape index (κ3) is 2.53. The lowest BCUT2D eigenvalue weighted by Crippen LogP contribution is -2.27. The van der Waals surface area contributed by atoms with Gasteiger partial charge in [0.1, 0.15) is 11.1 Å². The molecule has 0 aliphatic heterocycles. The Labute approximate surface area is 113 Å². The van der Waals surface area contributed by atoms with Crippen LogP contribution >= 0.6 is 7.37 Å². The van der Waals surface area contributed by atoms with Crippen molar-refractivity contribution in [1.82, 2.24) is 0 Å². The van der Waals surface area contributed by atoms with Crippen LogP contribution in [0.5, 0.6) is 0 Å². The molecule has 19 heavy (non-hydrogen) atoms. The van der Waals surface area contributed by atoms with Gasteiger partial charge in [0.2, 0.25) is 7.37 Å². The predicted molar refractivity (Wildman–Crippen MR) is 74.6 cm³/mol. The number of hydrogen-bond donors (Lipinski definition) is 1. The second-order valence-electron chi connectivity index (χ2n) is 4.88. The number of rotatable bonds is 6. The normalized spacial score (nSPS) is 28.7. The molecule has 1 saturated carbocycles. The summed E-state index contributed by atoms with van der Waals surface area (Å²) in [7, 11) is -3.15. The Kier molecular flexibility index (Phi) is 3.95. The maximum atomic E-state index is 13.7. The van der Waals surface area contributed by atoms with E-state index in [0.717, 1.165) is 0 Å². The summed E-state index contributed by atoms with van der Waals surface area (Å²) in [5.74, 6) is -0.390. The molecule has 2 N–H and O–H groups in total. The Morgan fingerprint density at radius 1 is 1.63 bits per heavy atom. The van der Waals surface area contributed by atoms with Gasteiger partial charge in [0.05, 0.1) is 12.8 Å². The smallest absolute Gasteiger partial charge is 0.227 e. The first kappa shape index (κ1) is 14.4. The first-order chi connectivity index (χ1) is 8.97. The zero-order valence-electron chi connectivity index (χ0n) is 11.0. The molecular weight excluding hydrogens is 264 g/mol. The van der Waals surface area contributed by atoms with Crippen LogP contribution in [0.4, 0.5) is 4.39 Å². The number of nitrogens with two attached hydrogens (primary N) is 1. The van der Waals surface area contributed by atoms with Crippen molar-refractivity contribution in [3.8, 4) is 0 Å². The van der Waals surface area contributed by atoms with Crippen LogP contribution in [0.3, 0.4) is 0 Å². The fourth-order valence-corrected chi connectivity index (χ4v) is 5.18. The van der Waals surface area contributed by atoms with Crippen LogP contribution in [0.25, 0.3) is 0 Å². The van der Waals surface area contributed by atoms with Gasteiger partial charge in [-0.3, -0.25) is 4.57 Å². The maximum Gasteiger partial charge on any atom is 0.227 e. The van der Waals surface area contributed by atoms with Crippen molar-refractivity contribution in [2.45, 2.75) is 24.8 Å². The molecule has 5 heteroatoms. The van der Waals surface area contributed by atoms with Crippen molar-refractivity contribution in [3.63, 3.8) is 0 Å². The van der Waals surface area contributed by atoms with Crippen molar-refractivity contribution in [2.75, 3.05) is 6.61 Å². The molecular formula is C14H19FNO2P. The third-order valence-corrected chi connectivity index (χ3v) is 6.84. The van der Waals surface area contributed by atoms with Crippen molar-refractivity contribution < 1.29 is 13.5 Å². The van der Waals surface area contributed by atoms with E-state index in [9.17, 15) is 8.96 Å². The van der Waals surface area contributed by atoms with Crippen molar-refractivity contribution in [2.24, 2.45) is 11.7 Å². The van der Waals surface area contributed by atoms with Gasteiger partial charge in [0.15, 0.2) is 0 Å². The minimum absolute atomic E-state index is 0.0170. The highest BCUT2D eigenvalue weighted by Crippen LogP contribution is 2.72. The molecule has 3 unspecified atom stereocenters. The van der Waals surface area contributed by atoms with E-state index in [1.54, 1.807) is 31.2 Å². The van der Waals surface area contributed by atoms with Gasteiger partial charge in [-0.2, -0.15) is 0 Å². The highest BCUT2D eigenvalue weighted by molar-refractivity contribution is 7.60. The zero-order valence-corrected chi connectivity index (χ0v) is 11.9. The van der Waals surface area contributed by atoms with Crippen LogP contribution < -0.4 is 5.73 Å². The van der Waals surface area contributed by atoms with Gasteiger partial charge in [0, 0.05) is 5.92 Å². The van der Waals surface area contributed by atoms with Gasteiger partial charge in [-0.25, -0.2) is 4.39 Å². The Morgan fingerprint density at radius 2 is 2.32 bits per heavy atom. The molecule has 0 bridgehead atoms. The van der Waals surface area contributed by atoms with Crippen LogP contribution in [-0.2, 0) is 15.3 Å². The summed E-state index contributed by atoms with van der Waals surface area (Å²) in [6.07, 6.45) is 2.32. The molecule has 0 saturated heterocycles. The molecule has 0 spiro atoms. The second-order valence-corrected chi connectivity index (χ2v) is 7.63. The average molecular weight is 283 g/mol. The molecule has 1 aromatic carbocycles. The number of benzene rings is 1. The fourth-order valence-electron chi connectivity index (χ4n) is 2.34. The minimum atomic E-state index is -3.15. The molecule has 1 aliphatic rings. The molecule has 104 valence electrons. The topological polar surface area (TPSA) is 52.3 Å². The minimum Gasteiger partial charge on any atom is -0.327 e. The molecule has 1 aromatic rings. The zero-order chi connectivity index (χ0) is 14.1. The van der Waals surface area contributed by atoms with Crippen LogP contribution in [0.1, 0.15) is 18.9 Å².